The number of H-pyrrole nitrogens is 1. The van der Waals surface area contributed by atoms with Crippen LogP contribution < -0.4 is 11.5 Å². The summed E-state index contributed by atoms with van der Waals surface area (Å²) in [6.45, 7) is 5.57. The third kappa shape index (κ3) is 5.65. The largest absolute Gasteiger partial charge is 0.481 e. The van der Waals surface area contributed by atoms with Gasteiger partial charge in [-0.2, -0.15) is 9.97 Å². The van der Waals surface area contributed by atoms with Crippen molar-refractivity contribution in [3.8, 4) is 0 Å². The molecule has 0 saturated heterocycles. The normalized spacial score (nSPS) is 13.7. The lowest BCUT2D eigenvalue weighted by Gasteiger charge is -2.39. The van der Waals surface area contributed by atoms with E-state index in [0.717, 1.165) is 29.4 Å². The van der Waals surface area contributed by atoms with Crippen LogP contribution in [0, 0.1) is 0 Å². The van der Waals surface area contributed by atoms with Gasteiger partial charge >= 0.3 is 11.9 Å². The van der Waals surface area contributed by atoms with Crippen molar-refractivity contribution in [3.05, 3.63) is 47.2 Å². The summed E-state index contributed by atoms with van der Waals surface area (Å²) in [7, 11) is 0. The van der Waals surface area contributed by atoms with E-state index in [1.807, 2.05) is 18.3 Å². The number of carboxylic acid groups (broad SMARTS) is 2. The van der Waals surface area contributed by atoms with Crippen LogP contribution in [0.5, 0.6) is 0 Å². The van der Waals surface area contributed by atoms with Crippen molar-refractivity contribution in [2.75, 3.05) is 18.0 Å². The lowest BCUT2D eigenvalue weighted by atomic mass is 9.87. The second kappa shape index (κ2) is 11.3. The summed E-state index contributed by atoms with van der Waals surface area (Å²) >= 11 is 0. The van der Waals surface area contributed by atoms with Gasteiger partial charge in [-0.15, -0.1) is 0 Å². The molecule has 3 aromatic rings. The van der Waals surface area contributed by atoms with E-state index in [0.29, 0.717) is 17.0 Å². The zero-order valence-electron chi connectivity index (χ0n) is 21.3. The number of nitrogen functional groups attached to an aromatic ring is 2. The van der Waals surface area contributed by atoms with Crippen LogP contribution in [0.15, 0.2) is 30.5 Å². The van der Waals surface area contributed by atoms with Crippen molar-refractivity contribution in [3.63, 3.8) is 0 Å². The zero-order chi connectivity index (χ0) is 27.3. The monoisotopic (exact) mass is 510 g/mol. The summed E-state index contributed by atoms with van der Waals surface area (Å²) < 4.78 is 0. The van der Waals surface area contributed by atoms with E-state index >= 15 is 0 Å². The van der Waals surface area contributed by atoms with Gasteiger partial charge in [0, 0.05) is 24.7 Å². The smallest absolute Gasteiger partial charge is 0.329 e. The Labute approximate surface area is 214 Å². The third-order valence-corrected chi connectivity index (χ3v) is 7.05. The van der Waals surface area contributed by atoms with Gasteiger partial charge in [0.15, 0.2) is 0 Å². The molecule has 2 atom stereocenters. The number of hydrogen-bond acceptors (Lipinski definition) is 7. The number of likely N-dealkylation sites (N-methyl/N-ethyl adjacent to an activating group) is 1. The lowest BCUT2D eigenvalue weighted by molar-refractivity contribution is -0.151. The van der Waals surface area contributed by atoms with Gasteiger partial charge < -0.3 is 31.6 Å². The Hall–Kier alpha value is -4.15. The van der Waals surface area contributed by atoms with Gasteiger partial charge in [0.25, 0.3) is 5.91 Å². The highest BCUT2D eigenvalue weighted by molar-refractivity contribution is 5.98. The molecule has 0 aliphatic carbocycles. The summed E-state index contributed by atoms with van der Waals surface area (Å²) in [6.07, 6.45) is 2.97. The number of anilines is 2. The number of fused-ring (bicyclic) bond motifs is 1. The Morgan fingerprint density at radius 3 is 2.35 bits per heavy atom. The molecule has 1 unspecified atom stereocenters. The number of rotatable bonds is 12. The summed E-state index contributed by atoms with van der Waals surface area (Å²) in [5, 5.41) is 19.9. The maximum Gasteiger partial charge on any atom is 0.329 e. The average molecular weight is 511 g/mol. The minimum atomic E-state index is -1.59. The molecule has 11 heteroatoms. The van der Waals surface area contributed by atoms with Crippen LogP contribution in [-0.4, -0.2) is 60.0 Å². The maximum absolute atomic E-state index is 13.4. The lowest BCUT2D eigenvalue weighted by Crippen LogP contribution is -2.57. The van der Waals surface area contributed by atoms with E-state index in [-0.39, 0.29) is 37.7 Å². The fourth-order valence-corrected chi connectivity index (χ4v) is 4.82. The van der Waals surface area contributed by atoms with Crippen LogP contribution in [0.4, 0.5) is 11.8 Å². The molecule has 198 valence electrons. The van der Waals surface area contributed by atoms with Gasteiger partial charge in [0.1, 0.15) is 17.0 Å². The molecule has 2 heterocycles. The van der Waals surface area contributed by atoms with Gasteiger partial charge in [0.2, 0.25) is 5.95 Å². The molecule has 1 amide bonds. The molecule has 1 aromatic carbocycles. The van der Waals surface area contributed by atoms with E-state index in [1.165, 1.54) is 4.90 Å². The third-order valence-electron chi connectivity index (χ3n) is 7.05. The molecule has 0 spiro atoms. The van der Waals surface area contributed by atoms with Crippen molar-refractivity contribution in [1.82, 2.24) is 19.9 Å². The highest BCUT2D eigenvalue weighted by atomic mass is 16.4. The van der Waals surface area contributed by atoms with Crippen molar-refractivity contribution in [2.45, 2.75) is 64.3 Å². The Bertz CT molecular complexity index is 1290. The number of carboxylic acids is 2. The Morgan fingerprint density at radius 1 is 1.11 bits per heavy atom. The van der Waals surface area contributed by atoms with Gasteiger partial charge in [-0.1, -0.05) is 26.0 Å². The number of carbonyl (C=O) groups excluding carboxylic acids is 1. The van der Waals surface area contributed by atoms with Crippen LogP contribution >= 0.6 is 0 Å². The molecular formula is C26H34N6O5. The van der Waals surface area contributed by atoms with E-state index in [1.54, 1.807) is 26.0 Å². The molecule has 0 bridgehead atoms. The Kier molecular flexibility index (Phi) is 8.36. The number of amides is 1. The standard InChI is InChI=1S/C26H34N6O5/c1-4-26(24(36)37,13-12-19(33)34)32(5-2)23(35)17-10-8-16(9-11-17)15(3)6-7-18-14-29-22-20(18)21(27)30-25(28)31-22/h8-11,14-15H,4-7,12-13H2,1-3H3,(H,33,34)(H,36,37)(H5,27,28,29,30,31)/t15?,26-/m0/s1. The molecule has 0 saturated carbocycles. The number of nitrogens with zero attached hydrogens (tertiary/aromatic N) is 3. The first-order valence-electron chi connectivity index (χ1n) is 12.3. The summed E-state index contributed by atoms with van der Waals surface area (Å²) in [5.74, 6) is -2.14. The fraction of sp³-hybridized carbons (Fsp3) is 0.423. The van der Waals surface area contributed by atoms with E-state index in [9.17, 15) is 19.5 Å². The number of aliphatic carboxylic acids is 2. The SMILES string of the molecule is CCN(C(=O)c1ccc(C(C)CCc2c[nH]c3nc(N)nc(N)c23)cc1)[C@@](CC)(CCC(=O)O)C(=O)O. The summed E-state index contributed by atoms with van der Waals surface area (Å²) in [5.41, 5.74) is 13.1. The van der Waals surface area contributed by atoms with E-state index < -0.39 is 23.4 Å². The number of nitrogens with one attached hydrogen (secondary N) is 1. The van der Waals surface area contributed by atoms with Gasteiger partial charge in [-0.25, -0.2) is 4.79 Å². The first-order valence-corrected chi connectivity index (χ1v) is 12.3. The molecule has 7 N–H and O–H groups in total. The minimum absolute atomic E-state index is 0.0975. The second-order valence-corrected chi connectivity index (χ2v) is 9.20. The number of benzene rings is 1. The van der Waals surface area contributed by atoms with Crippen LogP contribution in [0.1, 0.15) is 73.9 Å². The molecule has 37 heavy (non-hydrogen) atoms. The van der Waals surface area contributed by atoms with Crippen LogP contribution in [0.2, 0.25) is 0 Å². The van der Waals surface area contributed by atoms with Gasteiger partial charge in [0.05, 0.1) is 5.39 Å². The minimum Gasteiger partial charge on any atom is -0.481 e. The highest BCUT2D eigenvalue weighted by Crippen LogP contribution is 2.30. The molecule has 2 aromatic heterocycles. The van der Waals surface area contributed by atoms with Crippen LogP contribution in [0.25, 0.3) is 11.0 Å². The molecule has 0 aliphatic rings. The predicted octanol–water partition coefficient (Wildman–Crippen LogP) is 3.42. The first-order chi connectivity index (χ1) is 17.5. The van der Waals surface area contributed by atoms with Crippen LogP contribution in [0.3, 0.4) is 0 Å². The number of carbonyl (C=O) groups is 3. The van der Waals surface area contributed by atoms with Gasteiger partial charge in [-0.3, -0.25) is 9.59 Å². The molecule has 0 aliphatic heterocycles. The number of aromatic amines is 1. The van der Waals surface area contributed by atoms with Crippen molar-refractivity contribution < 1.29 is 24.6 Å². The molecular weight excluding hydrogens is 476 g/mol. The number of hydrogen-bond donors (Lipinski definition) is 5. The Morgan fingerprint density at radius 2 is 1.78 bits per heavy atom. The topological polar surface area (TPSA) is 189 Å². The highest BCUT2D eigenvalue weighted by Gasteiger charge is 2.44. The number of aromatic nitrogens is 3. The van der Waals surface area contributed by atoms with Crippen molar-refractivity contribution in [2.24, 2.45) is 0 Å². The second-order valence-electron chi connectivity index (χ2n) is 9.20. The van der Waals surface area contributed by atoms with Crippen molar-refractivity contribution >= 4 is 40.6 Å². The molecule has 11 nitrogen and oxygen atoms in total. The van der Waals surface area contributed by atoms with E-state index in [2.05, 4.69) is 21.9 Å². The quantitative estimate of drug-likeness (QED) is 0.243. The van der Waals surface area contributed by atoms with Crippen LogP contribution in [-0.2, 0) is 16.0 Å². The molecule has 0 radical (unpaired) electrons. The predicted molar refractivity (Wildman–Crippen MR) is 140 cm³/mol. The molecule has 3 rings (SSSR count). The number of nitrogens with two attached hydrogens (primary N) is 2. The Balaban J connectivity index is 1.75. The van der Waals surface area contributed by atoms with E-state index in [4.69, 9.17) is 16.6 Å². The fourth-order valence-electron chi connectivity index (χ4n) is 4.82. The average Bonchev–Trinajstić information content (AvgIpc) is 3.27. The maximum atomic E-state index is 13.4. The first kappa shape index (κ1) is 27.4. The number of aryl methyl sites for hydroxylation is 1. The van der Waals surface area contributed by atoms with Gasteiger partial charge in [-0.05, 0) is 61.8 Å². The summed E-state index contributed by atoms with van der Waals surface area (Å²) in [6, 6.07) is 7.11. The summed E-state index contributed by atoms with van der Waals surface area (Å²) in [4.78, 5) is 49.3. The zero-order valence-corrected chi connectivity index (χ0v) is 21.3. The molecule has 0 fully saturated rings. The van der Waals surface area contributed by atoms with Crippen molar-refractivity contribution in [1.29, 1.82) is 0 Å².